The Kier molecular flexibility index (Phi) is 5.91. The number of carbonyl (C=O) groups is 8. The number of Topliss-reactive ketones (excluding diaryl/α,β-unsaturated/α-hetero) is 8. The van der Waals surface area contributed by atoms with Gasteiger partial charge in [0.2, 0.25) is 0 Å². The van der Waals surface area contributed by atoms with Gasteiger partial charge >= 0.3 is 0 Å². The van der Waals surface area contributed by atoms with Gasteiger partial charge in [0.1, 0.15) is 39.7 Å². The van der Waals surface area contributed by atoms with Crippen molar-refractivity contribution in [1.82, 2.24) is 0 Å². The molecule has 8 nitrogen and oxygen atoms in total. The van der Waals surface area contributed by atoms with Crippen LogP contribution in [-0.4, -0.2) is 46.3 Å². The van der Waals surface area contributed by atoms with Crippen molar-refractivity contribution in [2.45, 2.75) is 54.9 Å². The van der Waals surface area contributed by atoms with Crippen LogP contribution in [0, 0.1) is 22.2 Å². The molecule has 1 aliphatic rings. The molecule has 1 atom stereocenters. The molecule has 0 aliphatic heterocycles. The third-order valence-corrected chi connectivity index (χ3v) is 6.20. The van der Waals surface area contributed by atoms with Crippen LogP contribution in [-0.2, 0) is 38.4 Å². The zero-order valence-corrected chi connectivity index (χ0v) is 17.1. The summed E-state index contributed by atoms with van der Waals surface area (Å²) in [4.78, 5) is 103. The summed E-state index contributed by atoms with van der Waals surface area (Å²) in [5.41, 5.74) is -8.42. The molecule has 1 unspecified atom stereocenters. The van der Waals surface area contributed by atoms with E-state index in [0.29, 0.717) is 0 Å². The van der Waals surface area contributed by atoms with E-state index in [4.69, 9.17) is 0 Å². The highest BCUT2D eigenvalue weighted by molar-refractivity contribution is 6.36. The maximum absolute atomic E-state index is 13.2. The lowest BCUT2D eigenvalue weighted by atomic mass is 9.35. The van der Waals surface area contributed by atoms with Crippen LogP contribution in [0.5, 0.6) is 0 Å². The van der Waals surface area contributed by atoms with E-state index in [-0.39, 0.29) is 0 Å². The van der Waals surface area contributed by atoms with Gasteiger partial charge in [0.25, 0.3) is 0 Å². The smallest absolute Gasteiger partial charge is 0.165 e. The zero-order valence-electron chi connectivity index (χ0n) is 17.1. The molecule has 0 N–H and O–H groups in total. The van der Waals surface area contributed by atoms with Crippen LogP contribution in [0.4, 0.5) is 0 Å². The van der Waals surface area contributed by atoms with E-state index in [1.165, 1.54) is 0 Å². The van der Waals surface area contributed by atoms with Crippen LogP contribution in [0.1, 0.15) is 54.9 Å². The molecule has 1 fully saturated rings. The van der Waals surface area contributed by atoms with Gasteiger partial charge in [0.15, 0.2) is 22.8 Å². The van der Waals surface area contributed by atoms with E-state index >= 15 is 0 Å². The maximum atomic E-state index is 13.2. The standard InChI is InChI=1S/C20H24O8/c1-9(21)16-8-17(28)19(12(4)24,13(5)25)20(14(6)26,15(7)27)18(16,10(2)22)11(3)23/h16H,8H2,1-7H3. The molecule has 0 aromatic rings. The molecule has 0 amide bonds. The molecule has 0 radical (unpaired) electrons. The molecule has 0 saturated heterocycles. The molecule has 8 heteroatoms. The average molecular weight is 392 g/mol. The Morgan fingerprint density at radius 3 is 1.21 bits per heavy atom. The third-order valence-electron chi connectivity index (χ3n) is 6.20. The lowest BCUT2D eigenvalue weighted by Gasteiger charge is -2.58. The van der Waals surface area contributed by atoms with Gasteiger partial charge in [-0.05, 0) is 48.5 Å². The Balaban J connectivity index is 4.59. The van der Waals surface area contributed by atoms with Gasteiger partial charge in [-0.2, -0.15) is 0 Å². The molecular formula is C20H24O8. The minimum atomic E-state index is -2.93. The fourth-order valence-electron chi connectivity index (χ4n) is 5.47. The molecule has 28 heavy (non-hydrogen) atoms. The Bertz CT molecular complexity index is 802. The van der Waals surface area contributed by atoms with Crippen molar-refractivity contribution in [2.75, 3.05) is 0 Å². The summed E-state index contributed by atoms with van der Waals surface area (Å²) in [6.07, 6.45) is -0.782. The second-order valence-corrected chi connectivity index (χ2v) is 7.44. The first kappa shape index (κ1) is 23.4. The van der Waals surface area contributed by atoms with Crippen LogP contribution in [0.3, 0.4) is 0 Å². The summed E-state index contributed by atoms with van der Waals surface area (Å²) in [5, 5.41) is 0. The first-order valence-corrected chi connectivity index (χ1v) is 8.72. The number of hydrogen-bond acceptors (Lipinski definition) is 8. The highest BCUT2D eigenvalue weighted by atomic mass is 16.2. The lowest BCUT2D eigenvalue weighted by molar-refractivity contribution is -0.195. The Labute approximate surface area is 162 Å². The quantitative estimate of drug-likeness (QED) is 0.576. The summed E-state index contributed by atoms with van der Waals surface area (Å²) < 4.78 is 0. The van der Waals surface area contributed by atoms with Crippen molar-refractivity contribution in [1.29, 1.82) is 0 Å². The van der Waals surface area contributed by atoms with Crippen LogP contribution in [0.15, 0.2) is 0 Å². The van der Waals surface area contributed by atoms with Crippen LogP contribution >= 0.6 is 0 Å². The molecule has 0 heterocycles. The topological polar surface area (TPSA) is 137 Å². The monoisotopic (exact) mass is 392 g/mol. The fraction of sp³-hybridized carbons (Fsp3) is 0.600. The van der Waals surface area contributed by atoms with Gasteiger partial charge < -0.3 is 0 Å². The van der Waals surface area contributed by atoms with Crippen molar-refractivity contribution in [3.8, 4) is 0 Å². The number of rotatable bonds is 7. The summed E-state index contributed by atoms with van der Waals surface area (Å²) in [6.45, 7) is 6.27. The maximum Gasteiger partial charge on any atom is 0.165 e. The molecule has 0 spiro atoms. The van der Waals surface area contributed by atoms with Gasteiger partial charge in [-0.15, -0.1) is 0 Å². The van der Waals surface area contributed by atoms with E-state index in [2.05, 4.69) is 0 Å². The van der Waals surface area contributed by atoms with Crippen molar-refractivity contribution in [3.05, 3.63) is 0 Å². The van der Waals surface area contributed by atoms with E-state index in [9.17, 15) is 38.4 Å². The Hall–Kier alpha value is -2.64. The Morgan fingerprint density at radius 2 is 1.00 bits per heavy atom. The third kappa shape index (κ3) is 2.29. The zero-order chi connectivity index (χ0) is 22.4. The minimum Gasteiger partial charge on any atom is -0.300 e. The van der Waals surface area contributed by atoms with Crippen molar-refractivity contribution < 1.29 is 38.4 Å². The van der Waals surface area contributed by atoms with Crippen molar-refractivity contribution in [3.63, 3.8) is 0 Å². The first-order valence-electron chi connectivity index (χ1n) is 8.72. The lowest BCUT2D eigenvalue weighted by Crippen LogP contribution is -2.78. The minimum absolute atomic E-state index is 0.772. The van der Waals surface area contributed by atoms with Crippen molar-refractivity contribution in [2.24, 2.45) is 22.2 Å². The first-order chi connectivity index (χ1) is 12.6. The van der Waals surface area contributed by atoms with Gasteiger partial charge in [-0.3, -0.25) is 38.4 Å². The number of carbonyl (C=O) groups excluding carboxylic acids is 8. The largest absolute Gasteiger partial charge is 0.300 e. The molecule has 1 aliphatic carbocycles. The molecular weight excluding hydrogens is 368 g/mol. The predicted molar refractivity (Wildman–Crippen MR) is 95.2 cm³/mol. The van der Waals surface area contributed by atoms with Crippen LogP contribution in [0.2, 0.25) is 0 Å². The molecule has 1 saturated carbocycles. The molecule has 0 bridgehead atoms. The highest BCUT2D eigenvalue weighted by Crippen LogP contribution is 2.63. The van der Waals surface area contributed by atoms with E-state index < -0.39 is 74.8 Å². The number of ketones is 8. The molecule has 152 valence electrons. The summed E-state index contributed by atoms with van der Waals surface area (Å²) in [6, 6.07) is 0. The van der Waals surface area contributed by atoms with E-state index in [1.807, 2.05) is 0 Å². The van der Waals surface area contributed by atoms with E-state index in [0.717, 1.165) is 48.5 Å². The molecule has 1 rings (SSSR count). The SMILES string of the molecule is CC(=O)C1CC(=O)C(C(C)=O)(C(C)=O)C(C(C)=O)(C(C)=O)C1(C(C)=O)C(C)=O. The second kappa shape index (κ2) is 7.07. The second-order valence-electron chi connectivity index (χ2n) is 7.44. The predicted octanol–water partition coefficient (Wildman–Crippen LogP) is 0.658. The van der Waals surface area contributed by atoms with Gasteiger partial charge in [-0.1, -0.05) is 0 Å². The van der Waals surface area contributed by atoms with Crippen LogP contribution in [0.25, 0.3) is 0 Å². The van der Waals surface area contributed by atoms with Crippen LogP contribution < -0.4 is 0 Å². The number of hydrogen-bond donors (Lipinski definition) is 0. The van der Waals surface area contributed by atoms with E-state index in [1.54, 1.807) is 0 Å². The van der Waals surface area contributed by atoms with Crippen molar-refractivity contribution >= 4 is 46.3 Å². The van der Waals surface area contributed by atoms with Gasteiger partial charge in [0.05, 0.1) is 0 Å². The van der Waals surface area contributed by atoms with Gasteiger partial charge in [-0.25, -0.2) is 0 Å². The Morgan fingerprint density at radius 1 is 0.643 bits per heavy atom. The summed E-state index contributed by atoms with van der Waals surface area (Å²) >= 11 is 0. The summed E-state index contributed by atoms with van der Waals surface area (Å²) in [5.74, 6) is -10.1. The average Bonchev–Trinajstić information content (AvgIpc) is 2.50. The molecule has 0 aromatic heterocycles. The highest BCUT2D eigenvalue weighted by Gasteiger charge is 2.82. The normalized spacial score (nSPS) is 22.1. The molecule has 0 aromatic carbocycles. The summed E-state index contributed by atoms with van der Waals surface area (Å²) in [7, 11) is 0. The van der Waals surface area contributed by atoms with Gasteiger partial charge in [0, 0.05) is 12.3 Å². The fourth-order valence-corrected chi connectivity index (χ4v) is 5.47.